The molecule has 0 saturated carbocycles. The quantitative estimate of drug-likeness (QED) is 0.490. The number of hydrogen-bond donors (Lipinski definition) is 1. The fourth-order valence-corrected chi connectivity index (χ4v) is 6.05. The Morgan fingerprint density at radius 3 is 2.68 bits per heavy atom. The minimum atomic E-state index is -3.70. The predicted octanol–water partition coefficient (Wildman–Crippen LogP) is 4.69. The van der Waals surface area contributed by atoms with Crippen molar-refractivity contribution < 1.29 is 13.2 Å². The number of hydrogen-bond acceptors (Lipinski definition) is 5. The molecular formula is C23H19N3O3S2. The van der Waals surface area contributed by atoms with Crippen LogP contribution in [0, 0.1) is 0 Å². The Kier molecular flexibility index (Phi) is 4.95. The van der Waals surface area contributed by atoms with E-state index in [0.29, 0.717) is 17.8 Å². The van der Waals surface area contributed by atoms with Gasteiger partial charge >= 0.3 is 0 Å². The molecule has 0 radical (unpaired) electrons. The van der Waals surface area contributed by atoms with Crippen molar-refractivity contribution in [3.63, 3.8) is 0 Å². The molecule has 4 aromatic rings. The molecule has 8 heteroatoms. The van der Waals surface area contributed by atoms with Gasteiger partial charge in [-0.15, -0.1) is 11.3 Å². The van der Waals surface area contributed by atoms with Crippen LogP contribution in [0.2, 0.25) is 0 Å². The van der Waals surface area contributed by atoms with Crippen LogP contribution in [0.3, 0.4) is 0 Å². The van der Waals surface area contributed by atoms with E-state index in [2.05, 4.69) is 10.3 Å². The van der Waals surface area contributed by atoms with Crippen LogP contribution in [-0.2, 0) is 16.4 Å². The highest BCUT2D eigenvalue weighted by molar-refractivity contribution is 7.92. The van der Waals surface area contributed by atoms with Gasteiger partial charge < -0.3 is 5.32 Å². The van der Waals surface area contributed by atoms with E-state index in [4.69, 9.17) is 0 Å². The Bertz CT molecular complexity index is 1380. The highest BCUT2D eigenvalue weighted by Gasteiger charge is 2.28. The first-order valence-electron chi connectivity index (χ1n) is 9.88. The van der Waals surface area contributed by atoms with Crippen molar-refractivity contribution >= 4 is 48.9 Å². The maximum atomic E-state index is 13.2. The number of nitrogens with zero attached hydrogens (tertiary/aromatic N) is 2. The largest absolute Gasteiger partial charge is 0.322 e. The number of rotatable bonds is 4. The summed E-state index contributed by atoms with van der Waals surface area (Å²) in [6.45, 7) is 0.446. The van der Waals surface area contributed by atoms with Gasteiger partial charge in [0.2, 0.25) is 0 Å². The number of nitrogens with one attached hydrogen (secondary N) is 1. The lowest BCUT2D eigenvalue weighted by atomic mass is 10.0. The lowest BCUT2D eigenvalue weighted by Gasteiger charge is -2.30. The molecule has 6 nitrogen and oxygen atoms in total. The van der Waals surface area contributed by atoms with Crippen molar-refractivity contribution in [2.75, 3.05) is 16.2 Å². The molecule has 1 aromatic heterocycles. The van der Waals surface area contributed by atoms with Gasteiger partial charge in [-0.25, -0.2) is 13.4 Å². The minimum Gasteiger partial charge on any atom is -0.322 e. The number of fused-ring (bicyclic) bond motifs is 2. The number of aromatic nitrogens is 1. The zero-order chi connectivity index (χ0) is 21.4. The average molecular weight is 450 g/mol. The summed E-state index contributed by atoms with van der Waals surface area (Å²) in [5, 5.41) is 2.85. The SMILES string of the molecule is O=C(Nc1ccc2ncsc2c1)c1ccc(S(=O)(=O)N2CCCc3ccccc32)cc1. The van der Waals surface area contributed by atoms with Crippen molar-refractivity contribution in [2.45, 2.75) is 17.7 Å². The molecule has 31 heavy (non-hydrogen) atoms. The van der Waals surface area contributed by atoms with E-state index in [1.165, 1.54) is 27.8 Å². The molecule has 5 rings (SSSR count). The number of benzene rings is 3. The van der Waals surface area contributed by atoms with E-state index < -0.39 is 10.0 Å². The Morgan fingerprint density at radius 1 is 1.03 bits per heavy atom. The van der Waals surface area contributed by atoms with Crippen LogP contribution in [0.25, 0.3) is 10.2 Å². The van der Waals surface area contributed by atoms with Crippen LogP contribution < -0.4 is 9.62 Å². The average Bonchev–Trinajstić information content (AvgIpc) is 3.26. The lowest BCUT2D eigenvalue weighted by Crippen LogP contribution is -2.35. The van der Waals surface area contributed by atoms with E-state index in [9.17, 15) is 13.2 Å². The molecule has 0 saturated heterocycles. The third kappa shape index (κ3) is 3.68. The molecule has 1 aliphatic heterocycles. The summed E-state index contributed by atoms with van der Waals surface area (Å²) in [6, 6.07) is 19.2. The standard InChI is InChI=1S/C23H19N3O3S2/c27-23(25-18-9-12-20-22(14-18)30-15-24-20)17-7-10-19(11-8-17)31(28,29)26-13-3-5-16-4-1-2-6-21(16)26/h1-2,4,6-12,14-15H,3,5,13H2,(H,25,27). The van der Waals surface area contributed by atoms with Gasteiger partial charge in [0.25, 0.3) is 15.9 Å². The van der Waals surface area contributed by atoms with Crippen LogP contribution in [0.4, 0.5) is 11.4 Å². The maximum absolute atomic E-state index is 13.2. The molecule has 1 amide bonds. The van der Waals surface area contributed by atoms with Crippen LogP contribution in [0.5, 0.6) is 0 Å². The Labute approximate surface area is 184 Å². The second-order valence-corrected chi connectivity index (χ2v) is 10.1. The summed E-state index contributed by atoms with van der Waals surface area (Å²) in [4.78, 5) is 17.0. The molecule has 0 fully saturated rings. The molecular weight excluding hydrogens is 430 g/mol. The van der Waals surface area contributed by atoms with Crippen molar-refractivity contribution in [2.24, 2.45) is 0 Å². The number of para-hydroxylation sites is 1. The van der Waals surface area contributed by atoms with E-state index >= 15 is 0 Å². The number of sulfonamides is 1. The molecule has 2 heterocycles. The van der Waals surface area contributed by atoms with Crippen LogP contribution in [0.15, 0.2) is 77.1 Å². The summed E-state index contributed by atoms with van der Waals surface area (Å²) in [5.74, 6) is -0.295. The highest BCUT2D eigenvalue weighted by atomic mass is 32.2. The summed E-state index contributed by atoms with van der Waals surface area (Å²) in [7, 11) is -3.70. The molecule has 156 valence electrons. The van der Waals surface area contributed by atoms with Gasteiger partial charge in [0.1, 0.15) is 0 Å². The number of carbonyl (C=O) groups is 1. The van der Waals surface area contributed by atoms with Gasteiger partial charge in [0.05, 0.1) is 26.3 Å². The fourth-order valence-electron chi connectivity index (χ4n) is 3.79. The van der Waals surface area contributed by atoms with Crippen molar-refractivity contribution in [3.8, 4) is 0 Å². The first-order chi connectivity index (χ1) is 15.0. The summed E-state index contributed by atoms with van der Waals surface area (Å²) >= 11 is 1.50. The monoisotopic (exact) mass is 449 g/mol. The highest BCUT2D eigenvalue weighted by Crippen LogP contribution is 2.32. The van der Waals surface area contributed by atoms with Crippen molar-refractivity contribution in [1.29, 1.82) is 0 Å². The predicted molar refractivity (Wildman–Crippen MR) is 123 cm³/mol. The van der Waals surface area contributed by atoms with Crippen LogP contribution in [0.1, 0.15) is 22.3 Å². The van der Waals surface area contributed by atoms with Crippen LogP contribution >= 0.6 is 11.3 Å². The van der Waals surface area contributed by atoms with Gasteiger partial charge in [0, 0.05) is 17.8 Å². The Morgan fingerprint density at radius 2 is 1.84 bits per heavy atom. The van der Waals surface area contributed by atoms with Gasteiger partial charge in [-0.05, 0) is 66.9 Å². The topological polar surface area (TPSA) is 79.4 Å². The van der Waals surface area contributed by atoms with Gasteiger partial charge in [-0.1, -0.05) is 18.2 Å². The molecule has 0 aliphatic carbocycles. The summed E-state index contributed by atoms with van der Waals surface area (Å²) < 4.78 is 28.9. The number of thiazole rings is 1. The Balaban J connectivity index is 1.37. The van der Waals surface area contributed by atoms with Crippen LogP contribution in [-0.4, -0.2) is 25.9 Å². The first-order valence-corrected chi connectivity index (χ1v) is 12.2. The summed E-state index contributed by atoms with van der Waals surface area (Å²) in [5.41, 5.74) is 5.47. The van der Waals surface area contributed by atoms with E-state index in [0.717, 1.165) is 34.3 Å². The van der Waals surface area contributed by atoms with Gasteiger partial charge in [0.15, 0.2) is 0 Å². The van der Waals surface area contributed by atoms with E-state index in [1.54, 1.807) is 23.7 Å². The maximum Gasteiger partial charge on any atom is 0.264 e. The number of carbonyl (C=O) groups excluding carboxylic acids is 1. The second-order valence-electron chi connectivity index (χ2n) is 7.32. The Hall–Kier alpha value is -3.23. The zero-order valence-electron chi connectivity index (χ0n) is 16.5. The summed E-state index contributed by atoms with van der Waals surface area (Å²) in [6.07, 6.45) is 1.65. The third-order valence-corrected chi connectivity index (χ3v) is 7.98. The van der Waals surface area contributed by atoms with E-state index in [-0.39, 0.29) is 10.8 Å². The third-order valence-electron chi connectivity index (χ3n) is 5.36. The van der Waals surface area contributed by atoms with E-state index in [1.807, 2.05) is 36.4 Å². The molecule has 0 unspecified atom stereocenters. The van der Waals surface area contributed by atoms with Crippen molar-refractivity contribution in [1.82, 2.24) is 4.98 Å². The molecule has 1 aliphatic rings. The molecule has 1 N–H and O–H groups in total. The fraction of sp³-hybridized carbons (Fsp3) is 0.130. The molecule has 0 atom stereocenters. The lowest BCUT2D eigenvalue weighted by molar-refractivity contribution is 0.102. The second kappa shape index (κ2) is 7.79. The normalized spacial score (nSPS) is 13.7. The van der Waals surface area contributed by atoms with Crippen molar-refractivity contribution in [3.05, 3.63) is 83.4 Å². The smallest absolute Gasteiger partial charge is 0.264 e. The number of amides is 1. The zero-order valence-corrected chi connectivity index (χ0v) is 18.1. The minimum absolute atomic E-state index is 0.173. The molecule has 0 bridgehead atoms. The first kappa shape index (κ1) is 19.7. The molecule has 0 spiro atoms. The number of aryl methyl sites for hydroxylation is 1. The van der Waals surface area contributed by atoms with Gasteiger partial charge in [-0.2, -0.15) is 0 Å². The molecule has 3 aromatic carbocycles. The van der Waals surface area contributed by atoms with Gasteiger partial charge in [-0.3, -0.25) is 9.10 Å². The number of anilines is 2.